The summed E-state index contributed by atoms with van der Waals surface area (Å²) in [5, 5.41) is 17.8. The van der Waals surface area contributed by atoms with Crippen molar-refractivity contribution in [3.05, 3.63) is 0 Å². The molecule has 1 saturated carbocycles. The van der Waals surface area contributed by atoms with Gasteiger partial charge in [0.05, 0.1) is 0 Å². The molecule has 9 heavy (non-hydrogen) atoms. The van der Waals surface area contributed by atoms with Crippen LogP contribution in [0.15, 0.2) is 0 Å². The summed E-state index contributed by atoms with van der Waals surface area (Å²) in [5.74, 6) is -1.58. The molecule has 1 fully saturated rings. The zero-order valence-electron chi connectivity index (χ0n) is 5.18. The van der Waals surface area contributed by atoms with E-state index in [1.54, 1.807) is 0 Å². The van der Waals surface area contributed by atoms with Gasteiger partial charge in [-0.05, 0) is 12.8 Å². The molecular weight excluding hydrogens is 123 g/mol. The molecule has 2 nitrogen and oxygen atoms in total. The average molecular weight is 134 g/mol. The summed E-state index contributed by atoms with van der Waals surface area (Å²) in [6, 6.07) is 0. The van der Waals surface area contributed by atoms with E-state index in [1.165, 1.54) is 0 Å². The third-order valence-electron chi connectivity index (χ3n) is 1.72. The molecule has 54 valence electrons. The number of alkyl halides is 1. The number of hydrogen-bond acceptors (Lipinski definition) is 2. The van der Waals surface area contributed by atoms with Crippen molar-refractivity contribution in [1.82, 2.24) is 0 Å². The van der Waals surface area contributed by atoms with Crippen LogP contribution in [0.25, 0.3) is 0 Å². The Bertz CT molecular complexity index is 93.2. The van der Waals surface area contributed by atoms with Crippen molar-refractivity contribution >= 4 is 0 Å². The zero-order valence-corrected chi connectivity index (χ0v) is 5.18. The van der Waals surface area contributed by atoms with Crippen LogP contribution in [-0.4, -0.2) is 22.2 Å². The normalized spacial score (nSPS) is 28.3. The lowest BCUT2D eigenvalue weighted by atomic mass is 9.93. The van der Waals surface area contributed by atoms with Crippen molar-refractivity contribution in [1.29, 1.82) is 0 Å². The summed E-state index contributed by atoms with van der Waals surface area (Å²) in [6.07, 6.45) is 0.0972. The van der Waals surface area contributed by atoms with Crippen LogP contribution in [0, 0.1) is 0 Å². The fourth-order valence-electron chi connectivity index (χ4n) is 1.04. The molecule has 0 aromatic rings. The summed E-state index contributed by atoms with van der Waals surface area (Å²) in [4.78, 5) is 0. The van der Waals surface area contributed by atoms with Crippen molar-refractivity contribution in [3.63, 3.8) is 0 Å². The lowest BCUT2D eigenvalue weighted by Crippen LogP contribution is -2.33. The SMILES string of the molecule is OC1(O)CCC(F)CC1. The smallest absolute Gasteiger partial charge is 0.162 e. The Morgan fingerprint density at radius 2 is 1.67 bits per heavy atom. The van der Waals surface area contributed by atoms with E-state index < -0.39 is 12.0 Å². The molecule has 0 unspecified atom stereocenters. The van der Waals surface area contributed by atoms with Gasteiger partial charge in [0.25, 0.3) is 0 Å². The highest BCUT2D eigenvalue weighted by Crippen LogP contribution is 2.27. The predicted octanol–water partition coefficient (Wildman–Crippen LogP) is 0.579. The maximum absolute atomic E-state index is 12.3. The van der Waals surface area contributed by atoms with E-state index in [9.17, 15) is 4.39 Å². The molecule has 0 aromatic heterocycles. The molecule has 0 radical (unpaired) electrons. The van der Waals surface area contributed by atoms with Crippen molar-refractivity contribution < 1.29 is 14.6 Å². The number of hydrogen-bond donors (Lipinski definition) is 2. The van der Waals surface area contributed by atoms with E-state index in [4.69, 9.17) is 10.2 Å². The highest BCUT2D eigenvalue weighted by atomic mass is 19.1. The van der Waals surface area contributed by atoms with Crippen molar-refractivity contribution in [3.8, 4) is 0 Å². The second-order valence-electron chi connectivity index (χ2n) is 2.66. The van der Waals surface area contributed by atoms with E-state index in [2.05, 4.69) is 0 Å². The van der Waals surface area contributed by atoms with E-state index >= 15 is 0 Å². The number of rotatable bonds is 0. The molecule has 0 saturated heterocycles. The molecule has 0 amide bonds. The Hall–Kier alpha value is -0.150. The minimum absolute atomic E-state index is 0.175. The fourth-order valence-corrected chi connectivity index (χ4v) is 1.04. The third-order valence-corrected chi connectivity index (χ3v) is 1.72. The molecular formula is C6H11FO2. The maximum atomic E-state index is 12.3. The van der Waals surface area contributed by atoms with Gasteiger partial charge < -0.3 is 10.2 Å². The topological polar surface area (TPSA) is 40.5 Å². The first-order valence-electron chi connectivity index (χ1n) is 3.19. The van der Waals surface area contributed by atoms with Gasteiger partial charge in [-0.1, -0.05) is 0 Å². The second-order valence-corrected chi connectivity index (χ2v) is 2.66. The molecule has 1 rings (SSSR count). The largest absolute Gasteiger partial charge is 0.366 e. The van der Waals surface area contributed by atoms with Crippen LogP contribution in [0.5, 0.6) is 0 Å². The van der Waals surface area contributed by atoms with Gasteiger partial charge in [-0.3, -0.25) is 0 Å². The Kier molecular flexibility index (Phi) is 1.73. The Labute approximate surface area is 53.3 Å². The number of halogens is 1. The monoisotopic (exact) mass is 134 g/mol. The van der Waals surface area contributed by atoms with E-state index in [-0.39, 0.29) is 25.7 Å². The molecule has 1 aliphatic carbocycles. The molecule has 0 aromatic carbocycles. The zero-order chi connectivity index (χ0) is 6.91. The van der Waals surface area contributed by atoms with Crippen LogP contribution in [0.3, 0.4) is 0 Å². The van der Waals surface area contributed by atoms with E-state index in [0.29, 0.717) is 0 Å². The Morgan fingerprint density at radius 1 is 1.22 bits per heavy atom. The first-order chi connectivity index (χ1) is 4.10. The van der Waals surface area contributed by atoms with Crippen LogP contribution in [-0.2, 0) is 0 Å². The Morgan fingerprint density at radius 3 is 2.00 bits per heavy atom. The van der Waals surface area contributed by atoms with Crippen molar-refractivity contribution in [2.45, 2.75) is 37.6 Å². The molecule has 1 aliphatic rings. The quantitative estimate of drug-likeness (QED) is 0.476. The van der Waals surface area contributed by atoms with Crippen LogP contribution >= 0.6 is 0 Å². The molecule has 0 heterocycles. The molecule has 0 aliphatic heterocycles. The fraction of sp³-hybridized carbons (Fsp3) is 1.00. The average Bonchev–Trinajstić information content (AvgIpc) is 1.78. The first kappa shape index (κ1) is 6.96. The molecule has 0 bridgehead atoms. The van der Waals surface area contributed by atoms with Gasteiger partial charge in [0.15, 0.2) is 5.79 Å². The first-order valence-corrected chi connectivity index (χ1v) is 3.19. The van der Waals surface area contributed by atoms with E-state index in [0.717, 1.165) is 0 Å². The van der Waals surface area contributed by atoms with Crippen LogP contribution in [0.2, 0.25) is 0 Å². The van der Waals surface area contributed by atoms with Crippen LogP contribution < -0.4 is 0 Å². The van der Waals surface area contributed by atoms with Gasteiger partial charge in [0.1, 0.15) is 6.17 Å². The van der Waals surface area contributed by atoms with Gasteiger partial charge in [-0.2, -0.15) is 0 Å². The highest BCUT2D eigenvalue weighted by Gasteiger charge is 2.30. The maximum Gasteiger partial charge on any atom is 0.162 e. The van der Waals surface area contributed by atoms with Gasteiger partial charge >= 0.3 is 0 Å². The van der Waals surface area contributed by atoms with Crippen molar-refractivity contribution in [2.24, 2.45) is 0 Å². The van der Waals surface area contributed by atoms with Gasteiger partial charge in [-0.25, -0.2) is 4.39 Å². The summed E-state index contributed by atoms with van der Waals surface area (Å²) in [6.45, 7) is 0. The highest BCUT2D eigenvalue weighted by molar-refractivity contribution is 4.75. The van der Waals surface area contributed by atoms with Crippen molar-refractivity contribution in [2.75, 3.05) is 0 Å². The summed E-state index contributed by atoms with van der Waals surface area (Å²) in [7, 11) is 0. The lowest BCUT2D eigenvalue weighted by Gasteiger charge is -2.27. The van der Waals surface area contributed by atoms with Crippen LogP contribution in [0.1, 0.15) is 25.7 Å². The van der Waals surface area contributed by atoms with Gasteiger partial charge in [0.2, 0.25) is 0 Å². The van der Waals surface area contributed by atoms with Gasteiger partial charge in [0, 0.05) is 12.8 Å². The summed E-state index contributed by atoms with van der Waals surface area (Å²) < 4.78 is 12.3. The Balaban J connectivity index is 2.35. The molecule has 0 atom stereocenters. The van der Waals surface area contributed by atoms with E-state index in [1.807, 2.05) is 0 Å². The third kappa shape index (κ3) is 1.91. The summed E-state index contributed by atoms with van der Waals surface area (Å²) >= 11 is 0. The summed E-state index contributed by atoms with van der Waals surface area (Å²) in [5.41, 5.74) is 0. The molecule has 0 spiro atoms. The predicted molar refractivity (Wildman–Crippen MR) is 30.5 cm³/mol. The molecule has 3 heteroatoms. The lowest BCUT2D eigenvalue weighted by molar-refractivity contribution is -0.187. The minimum Gasteiger partial charge on any atom is -0.366 e. The molecule has 2 N–H and O–H groups in total. The van der Waals surface area contributed by atoms with Crippen LogP contribution in [0.4, 0.5) is 4.39 Å². The standard InChI is InChI=1S/C6H11FO2/c7-5-1-3-6(8,9)4-2-5/h5,8-9H,1-4H2. The second kappa shape index (κ2) is 2.23. The minimum atomic E-state index is -1.58. The van der Waals surface area contributed by atoms with Gasteiger partial charge in [-0.15, -0.1) is 0 Å². The number of aliphatic hydroxyl groups is 2.